The van der Waals surface area contributed by atoms with Gasteiger partial charge in [0.25, 0.3) is 0 Å². The van der Waals surface area contributed by atoms with E-state index in [0.717, 1.165) is 0 Å². The maximum atomic E-state index is 11.2. The van der Waals surface area contributed by atoms with E-state index in [0.29, 0.717) is 12.1 Å². The van der Waals surface area contributed by atoms with E-state index in [9.17, 15) is 4.79 Å². The Kier molecular flexibility index (Phi) is 1.25. The van der Waals surface area contributed by atoms with E-state index >= 15 is 0 Å². The minimum atomic E-state index is -0.497. The van der Waals surface area contributed by atoms with E-state index in [1.165, 1.54) is 0 Å². The lowest BCUT2D eigenvalue weighted by atomic mass is 9.99. The molecule has 12 heavy (non-hydrogen) atoms. The average molecular weight is 168 g/mol. The standard InChI is InChI=1S/C7H8N2O3/c1-7(2)3-4-5(6(10)11-7)9-12-8-4/h3H2,1-2H3. The molecular formula is C7H8N2O3. The van der Waals surface area contributed by atoms with Crippen molar-refractivity contribution in [1.29, 1.82) is 0 Å². The van der Waals surface area contributed by atoms with Gasteiger partial charge in [-0.1, -0.05) is 5.16 Å². The van der Waals surface area contributed by atoms with Crippen LogP contribution in [-0.4, -0.2) is 21.9 Å². The van der Waals surface area contributed by atoms with Gasteiger partial charge < -0.3 is 4.74 Å². The summed E-state index contributed by atoms with van der Waals surface area (Å²) in [6.07, 6.45) is 0.553. The fourth-order valence-corrected chi connectivity index (χ4v) is 1.22. The Morgan fingerprint density at radius 2 is 2.17 bits per heavy atom. The lowest BCUT2D eigenvalue weighted by molar-refractivity contribution is -0.00761. The molecule has 0 atom stereocenters. The summed E-state index contributed by atoms with van der Waals surface area (Å²) >= 11 is 0. The van der Waals surface area contributed by atoms with Crippen molar-refractivity contribution in [3.05, 3.63) is 11.4 Å². The zero-order valence-electron chi connectivity index (χ0n) is 6.83. The smallest absolute Gasteiger partial charge is 0.363 e. The summed E-state index contributed by atoms with van der Waals surface area (Å²) in [7, 11) is 0. The van der Waals surface area contributed by atoms with E-state index in [4.69, 9.17) is 4.74 Å². The quantitative estimate of drug-likeness (QED) is 0.529. The van der Waals surface area contributed by atoms with E-state index in [1.54, 1.807) is 0 Å². The van der Waals surface area contributed by atoms with E-state index < -0.39 is 11.6 Å². The Morgan fingerprint density at radius 1 is 1.42 bits per heavy atom. The molecule has 0 radical (unpaired) electrons. The molecule has 5 heteroatoms. The second kappa shape index (κ2) is 2.06. The summed E-state index contributed by atoms with van der Waals surface area (Å²) in [5.41, 5.74) is 0.286. The normalized spacial score (nSPS) is 20.0. The highest BCUT2D eigenvalue weighted by atomic mass is 16.6. The maximum Gasteiger partial charge on any atom is 0.363 e. The molecule has 1 aliphatic rings. The van der Waals surface area contributed by atoms with Crippen LogP contribution in [0.2, 0.25) is 0 Å². The lowest BCUT2D eigenvalue weighted by Gasteiger charge is -2.26. The van der Waals surface area contributed by atoms with Gasteiger partial charge in [0, 0.05) is 6.42 Å². The van der Waals surface area contributed by atoms with Gasteiger partial charge in [0.1, 0.15) is 11.3 Å². The number of hydrogen-bond acceptors (Lipinski definition) is 5. The minimum Gasteiger partial charge on any atom is -0.454 e. The summed E-state index contributed by atoms with van der Waals surface area (Å²) in [5.74, 6) is -0.456. The number of esters is 1. The Hall–Kier alpha value is -1.39. The van der Waals surface area contributed by atoms with Crippen LogP contribution in [0.25, 0.3) is 0 Å². The minimum absolute atomic E-state index is 0.203. The monoisotopic (exact) mass is 168 g/mol. The third-order valence-corrected chi connectivity index (χ3v) is 1.71. The molecule has 0 unspecified atom stereocenters. The highest BCUT2D eigenvalue weighted by Gasteiger charge is 2.36. The molecule has 1 aliphatic heterocycles. The van der Waals surface area contributed by atoms with Gasteiger partial charge in [-0.3, -0.25) is 0 Å². The summed E-state index contributed by atoms with van der Waals surface area (Å²) in [5, 5.41) is 7.06. The van der Waals surface area contributed by atoms with Crippen LogP contribution in [0.5, 0.6) is 0 Å². The Balaban J connectivity index is 2.45. The number of hydrogen-bond donors (Lipinski definition) is 0. The number of carbonyl (C=O) groups is 1. The molecule has 0 aromatic carbocycles. The second-order valence-corrected chi connectivity index (χ2v) is 3.39. The SMILES string of the molecule is CC1(C)Cc2nonc2C(=O)O1. The maximum absolute atomic E-state index is 11.2. The molecule has 2 heterocycles. The van der Waals surface area contributed by atoms with Gasteiger partial charge in [-0.25, -0.2) is 9.42 Å². The average Bonchev–Trinajstić information content (AvgIpc) is 2.31. The van der Waals surface area contributed by atoms with Crippen LogP contribution in [-0.2, 0) is 11.2 Å². The summed E-state index contributed by atoms with van der Waals surface area (Å²) in [6, 6.07) is 0. The van der Waals surface area contributed by atoms with Crippen molar-refractivity contribution >= 4 is 5.97 Å². The van der Waals surface area contributed by atoms with Gasteiger partial charge >= 0.3 is 5.97 Å². The van der Waals surface area contributed by atoms with Crippen molar-refractivity contribution in [3.63, 3.8) is 0 Å². The Labute approximate surface area is 68.7 Å². The van der Waals surface area contributed by atoms with E-state index in [-0.39, 0.29) is 5.69 Å². The number of cyclic esters (lactones) is 1. The molecular weight excluding hydrogens is 160 g/mol. The van der Waals surface area contributed by atoms with Gasteiger partial charge in [0.2, 0.25) is 5.69 Å². The first-order valence-electron chi connectivity index (χ1n) is 3.63. The van der Waals surface area contributed by atoms with E-state index in [1.807, 2.05) is 13.8 Å². The molecule has 0 saturated carbocycles. The van der Waals surface area contributed by atoms with Gasteiger partial charge in [0.05, 0.1) is 0 Å². The number of aromatic nitrogens is 2. The zero-order chi connectivity index (χ0) is 8.77. The van der Waals surface area contributed by atoms with Crippen molar-refractivity contribution < 1.29 is 14.2 Å². The van der Waals surface area contributed by atoms with E-state index in [2.05, 4.69) is 14.9 Å². The van der Waals surface area contributed by atoms with Crippen LogP contribution < -0.4 is 0 Å². The Bertz CT molecular complexity index is 329. The predicted molar refractivity (Wildman–Crippen MR) is 37.5 cm³/mol. The largest absolute Gasteiger partial charge is 0.454 e. The molecule has 1 aromatic heterocycles. The number of nitrogens with zero attached hydrogens (tertiary/aromatic N) is 2. The molecule has 0 spiro atoms. The highest BCUT2D eigenvalue weighted by Crippen LogP contribution is 2.24. The fourth-order valence-electron chi connectivity index (χ4n) is 1.22. The fraction of sp³-hybridized carbons (Fsp3) is 0.571. The van der Waals surface area contributed by atoms with Crippen molar-refractivity contribution in [2.24, 2.45) is 0 Å². The summed E-state index contributed by atoms with van der Waals surface area (Å²) < 4.78 is 9.49. The number of carbonyl (C=O) groups excluding carboxylic acids is 1. The highest BCUT2D eigenvalue weighted by molar-refractivity contribution is 5.89. The van der Waals surface area contributed by atoms with Crippen molar-refractivity contribution in [3.8, 4) is 0 Å². The zero-order valence-corrected chi connectivity index (χ0v) is 6.83. The number of fused-ring (bicyclic) bond motifs is 1. The Morgan fingerprint density at radius 3 is 2.92 bits per heavy atom. The van der Waals surface area contributed by atoms with Gasteiger partial charge in [-0.2, -0.15) is 0 Å². The van der Waals surface area contributed by atoms with Crippen LogP contribution in [0, 0.1) is 0 Å². The molecule has 0 N–H and O–H groups in total. The van der Waals surface area contributed by atoms with Crippen LogP contribution in [0.3, 0.4) is 0 Å². The van der Waals surface area contributed by atoms with Crippen LogP contribution >= 0.6 is 0 Å². The molecule has 64 valence electrons. The van der Waals surface area contributed by atoms with Crippen LogP contribution in [0.15, 0.2) is 4.63 Å². The third kappa shape index (κ3) is 0.975. The first-order valence-corrected chi connectivity index (χ1v) is 3.63. The summed E-state index contributed by atoms with van der Waals surface area (Å²) in [4.78, 5) is 11.2. The van der Waals surface area contributed by atoms with Gasteiger partial charge in [-0.15, -0.1) is 0 Å². The van der Waals surface area contributed by atoms with Crippen molar-refractivity contribution in [1.82, 2.24) is 10.3 Å². The first-order chi connectivity index (χ1) is 5.58. The summed E-state index contributed by atoms with van der Waals surface area (Å²) in [6.45, 7) is 3.64. The topological polar surface area (TPSA) is 65.2 Å². The lowest BCUT2D eigenvalue weighted by Crippen LogP contribution is -2.35. The van der Waals surface area contributed by atoms with Gasteiger partial charge in [0.15, 0.2) is 0 Å². The molecule has 0 fully saturated rings. The molecule has 0 aliphatic carbocycles. The molecule has 1 aromatic rings. The van der Waals surface area contributed by atoms with Crippen LogP contribution in [0.4, 0.5) is 0 Å². The molecule has 0 bridgehead atoms. The molecule has 0 saturated heterocycles. The first kappa shape index (κ1) is 7.27. The second-order valence-electron chi connectivity index (χ2n) is 3.39. The van der Waals surface area contributed by atoms with Crippen molar-refractivity contribution in [2.45, 2.75) is 25.9 Å². The third-order valence-electron chi connectivity index (χ3n) is 1.71. The molecule has 0 amide bonds. The van der Waals surface area contributed by atoms with Crippen molar-refractivity contribution in [2.75, 3.05) is 0 Å². The number of ether oxygens (including phenoxy) is 1. The predicted octanol–water partition coefficient (Wildman–Crippen LogP) is 0.561. The number of rotatable bonds is 0. The van der Waals surface area contributed by atoms with Gasteiger partial charge in [-0.05, 0) is 19.0 Å². The van der Waals surface area contributed by atoms with Crippen LogP contribution in [0.1, 0.15) is 30.0 Å². The molecule has 5 nitrogen and oxygen atoms in total. The molecule has 2 rings (SSSR count).